The number of benzene rings is 1. The molecule has 1 amide bonds. The minimum atomic E-state index is -0.320. The fourth-order valence-corrected chi connectivity index (χ4v) is 3.33. The van der Waals surface area contributed by atoms with Crippen LogP contribution < -0.4 is 10.2 Å². The van der Waals surface area contributed by atoms with Gasteiger partial charge in [0.1, 0.15) is 11.6 Å². The second-order valence-electron chi connectivity index (χ2n) is 6.87. The van der Waals surface area contributed by atoms with Gasteiger partial charge in [0.2, 0.25) is 5.84 Å². The van der Waals surface area contributed by atoms with Crippen LogP contribution in [-0.4, -0.2) is 28.7 Å². The van der Waals surface area contributed by atoms with E-state index in [9.17, 15) is 9.18 Å². The average molecular weight is 326 g/mol. The van der Waals surface area contributed by atoms with Crippen molar-refractivity contribution in [2.45, 2.75) is 32.2 Å². The molecule has 0 radical (unpaired) electrons. The summed E-state index contributed by atoms with van der Waals surface area (Å²) in [6, 6.07) is 6.01. The fourth-order valence-electron chi connectivity index (χ4n) is 3.33. The number of amides is 1. The van der Waals surface area contributed by atoms with Crippen LogP contribution >= 0.6 is 0 Å². The van der Waals surface area contributed by atoms with Crippen LogP contribution in [0.25, 0.3) is 0 Å². The number of anilines is 1. The number of hydrogen-bond donors (Lipinski definition) is 1. The number of rotatable bonds is 1. The summed E-state index contributed by atoms with van der Waals surface area (Å²) in [6.45, 7) is 4.90. The molecule has 6 heteroatoms. The molecule has 3 aliphatic heterocycles. The van der Waals surface area contributed by atoms with Gasteiger partial charge >= 0.3 is 0 Å². The lowest BCUT2D eigenvalue weighted by Gasteiger charge is -2.46. The van der Waals surface area contributed by atoms with Gasteiger partial charge in [-0.3, -0.25) is 9.69 Å². The van der Waals surface area contributed by atoms with Gasteiger partial charge in [0.05, 0.1) is 5.70 Å². The van der Waals surface area contributed by atoms with Gasteiger partial charge in [0.25, 0.3) is 5.91 Å². The SMILES string of the molecule is CC1(C)CCC2=C(N1)N1CC=CN=C1C(=O)N2c1ccc(F)cc1. The Hall–Kier alpha value is -2.63. The van der Waals surface area contributed by atoms with Crippen LogP contribution in [0.5, 0.6) is 0 Å². The zero-order valence-electron chi connectivity index (χ0n) is 13.7. The zero-order chi connectivity index (χ0) is 16.9. The van der Waals surface area contributed by atoms with Crippen molar-refractivity contribution in [3.63, 3.8) is 0 Å². The summed E-state index contributed by atoms with van der Waals surface area (Å²) in [7, 11) is 0. The summed E-state index contributed by atoms with van der Waals surface area (Å²) >= 11 is 0. The Bertz CT molecular complexity index is 792. The smallest absolute Gasteiger partial charge is 0.298 e. The molecule has 0 fully saturated rings. The molecular weight excluding hydrogens is 307 g/mol. The van der Waals surface area contributed by atoms with Gasteiger partial charge in [0.15, 0.2) is 0 Å². The van der Waals surface area contributed by atoms with Crippen molar-refractivity contribution in [2.75, 3.05) is 11.4 Å². The first kappa shape index (κ1) is 14.9. The number of nitrogens with one attached hydrogen (secondary N) is 1. The lowest BCUT2D eigenvalue weighted by atomic mass is 9.91. The monoisotopic (exact) mass is 326 g/mol. The molecule has 0 spiro atoms. The van der Waals surface area contributed by atoms with Crippen molar-refractivity contribution in [3.8, 4) is 0 Å². The highest BCUT2D eigenvalue weighted by Crippen LogP contribution is 2.36. The molecule has 0 bridgehead atoms. The third-order valence-electron chi connectivity index (χ3n) is 4.58. The molecule has 0 aromatic heterocycles. The molecule has 0 unspecified atom stereocenters. The normalized spacial score (nSPS) is 22.0. The molecule has 3 aliphatic rings. The summed E-state index contributed by atoms with van der Waals surface area (Å²) in [5.74, 6) is 0.815. The van der Waals surface area contributed by atoms with Gasteiger partial charge in [0, 0.05) is 24.0 Å². The third kappa shape index (κ3) is 2.29. The highest BCUT2D eigenvalue weighted by Gasteiger charge is 2.42. The van der Waals surface area contributed by atoms with Crippen LogP contribution in [0, 0.1) is 5.82 Å². The molecule has 4 rings (SSSR count). The second kappa shape index (κ2) is 5.19. The summed E-state index contributed by atoms with van der Waals surface area (Å²) in [4.78, 5) is 20.9. The maximum absolute atomic E-state index is 13.3. The highest BCUT2D eigenvalue weighted by atomic mass is 19.1. The Kier molecular flexibility index (Phi) is 3.23. The number of amidine groups is 1. The predicted molar refractivity (Wildman–Crippen MR) is 90.6 cm³/mol. The minimum absolute atomic E-state index is 0.0556. The molecule has 1 aromatic rings. The van der Waals surface area contributed by atoms with E-state index in [0.29, 0.717) is 18.1 Å². The highest BCUT2D eigenvalue weighted by molar-refractivity contribution is 6.44. The summed E-state index contributed by atoms with van der Waals surface area (Å²) in [5.41, 5.74) is 1.52. The van der Waals surface area contributed by atoms with E-state index in [2.05, 4.69) is 24.2 Å². The van der Waals surface area contributed by atoms with Crippen molar-refractivity contribution < 1.29 is 9.18 Å². The first-order valence-electron chi connectivity index (χ1n) is 8.08. The van der Waals surface area contributed by atoms with Crippen LogP contribution in [0.1, 0.15) is 26.7 Å². The Morgan fingerprint density at radius 2 is 2.00 bits per heavy atom. The van der Waals surface area contributed by atoms with Crippen LogP contribution in [0.2, 0.25) is 0 Å². The quantitative estimate of drug-likeness (QED) is 0.863. The van der Waals surface area contributed by atoms with Crippen LogP contribution in [-0.2, 0) is 4.79 Å². The van der Waals surface area contributed by atoms with Gasteiger partial charge in [-0.15, -0.1) is 0 Å². The first-order valence-corrected chi connectivity index (χ1v) is 8.08. The molecule has 0 saturated heterocycles. The van der Waals surface area contributed by atoms with E-state index >= 15 is 0 Å². The van der Waals surface area contributed by atoms with E-state index in [4.69, 9.17) is 0 Å². The van der Waals surface area contributed by atoms with E-state index in [1.54, 1.807) is 23.2 Å². The van der Waals surface area contributed by atoms with Gasteiger partial charge < -0.3 is 10.2 Å². The van der Waals surface area contributed by atoms with E-state index < -0.39 is 0 Å². The topological polar surface area (TPSA) is 47.9 Å². The van der Waals surface area contributed by atoms with Crippen molar-refractivity contribution in [2.24, 2.45) is 4.99 Å². The van der Waals surface area contributed by atoms with Crippen molar-refractivity contribution in [1.29, 1.82) is 0 Å². The maximum Gasteiger partial charge on any atom is 0.298 e. The third-order valence-corrected chi connectivity index (χ3v) is 4.58. The Balaban J connectivity index is 1.87. The van der Waals surface area contributed by atoms with Crippen LogP contribution in [0.4, 0.5) is 10.1 Å². The molecule has 1 aromatic carbocycles. The summed E-state index contributed by atoms with van der Waals surface area (Å²) < 4.78 is 13.3. The number of halogens is 1. The number of hydrogen-bond acceptors (Lipinski definition) is 4. The summed E-state index contributed by atoms with van der Waals surface area (Å²) in [5, 5.41) is 3.55. The predicted octanol–water partition coefficient (Wildman–Crippen LogP) is 2.73. The fraction of sp³-hybridized carbons (Fsp3) is 0.333. The van der Waals surface area contributed by atoms with Crippen LogP contribution in [0.15, 0.2) is 53.1 Å². The van der Waals surface area contributed by atoms with Gasteiger partial charge in [-0.2, -0.15) is 0 Å². The lowest BCUT2D eigenvalue weighted by Crippen LogP contribution is -2.59. The second-order valence-corrected chi connectivity index (χ2v) is 6.87. The number of allylic oxidation sites excluding steroid dienone is 1. The van der Waals surface area contributed by atoms with E-state index in [1.807, 2.05) is 11.0 Å². The van der Waals surface area contributed by atoms with E-state index in [0.717, 1.165) is 24.4 Å². The van der Waals surface area contributed by atoms with Gasteiger partial charge in [-0.05, 0) is 57.0 Å². The molecule has 124 valence electrons. The zero-order valence-corrected chi connectivity index (χ0v) is 13.7. The standard InChI is InChI=1S/C18H19FN4O/c1-18(2)9-8-14-15(21-18)22-11-3-10-20-16(22)17(24)23(14)13-6-4-12(19)5-7-13/h3-7,10,21H,8-9,11H2,1-2H3. The average Bonchev–Trinajstić information content (AvgIpc) is 2.57. The lowest BCUT2D eigenvalue weighted by molar-refractivity contribution is -0.113. The summed E-state index contributed by atoms with van der Waals surface area (Å²) in [6.07, 6.45) is 5.27. The van der Waals surface area contributed by atoms with E-state index in [-0.39, 0.29) is 17.3 Å². The number of fused-ring (bicyclic) bond motifs is 2. The first-order chi connectivity index (χ1) is 11.5. The Morgan fingerprint density at radius 3 is 2.75 bits per heavy atom. The Labute approximate surface area is 140 Å². The molecular formula is C18H19FN4O. The van der Waals surface area contributed by atoms with Crippen LogP contribution in [0.3, 0.4) is 0 Å². The molecule has 0 aliphatic carbocycles. The number of aliphatic imine (C=N–C) groups is 1. The molecule has 5 nitrogen and oxygen atoms in total. The molecule has 1 N–H and O–H groups in total. The molecule has 0 saturated carbocycles. The largest absolute Gasteiger partial charge is 0.365 e. The van der Waals surface area contributed by atoms with Gasteiger partial charge in [-0.1, -0.05) is 0 Å². The van der Waals surface area contributed by atoms with Crippen molar-refractivity contribution in [3.05, 3.63) is 53.9 Å². The molecule has 0 atom stereocenters. The number of nitrogens with zero attached hydrogens (tertiary/aromatic N) is 3. The minimum Gasteiger partial charge on any atom is -0.365 e. The van der Waals surface area contributed by atoms with E-state index in [1.165, 1.54) is 12.1 Å². The molecule has 3 heterocycles. The van der Waals surface area contributed by atoms with Gasteiger partial charge in [-0.25, -0.2) is 9.38 Å². The maximum atomic E-state index is 13.3. The van der Waals surface area contributed by atoms with Crippen molar-refractivity contribution in [1.82, 2.24) is 10.2 Å². The van der Waals surface area contributed by atoms with Crippen molar-refractivity contribution >= 4 is 17.4 Å². The number of carbonyl (C=O) groups is 1. The Morgan fingerprint density at radius 1 is 1.25 bits per heavy atom. The molecule has 24 heavy (non-hydrogen) atoms. The number of carbonyl (C=O) groups excluding carboxylic acids is 1.